The molecular formula is C13H22N2O2. The maximum atomic E-state index is 11.9. The zero-order valence-corrected chi connectivity index (χ0v) is 10.6. The lowest BCUT2D eigenvalue weighted by molar-refractivity contribution is -0.125. The van der Waals surface area contributed by atoms with Crippen LogP contribution in [-0.2, 0) is 9.59 Å². The van der Waals surface area contributed by atoms with E-state index in [1.807, 2.05) is 11.9 Å². The van der Waals surface area contributed by atoms with E-state index in [4.69, 9.17) is 0 Å². The number of hydrogen-bond acceptors (Lipinski definition) is 3. The predicted octanol–water partition coefficient (Wildman–Crippen LogP) is 0.956. The standard InChI is InChI=1S/C13H22N2O2/c1-15(9-13(17)14-11-6-7-11)8-12(16)10-4-2-3-5-10/h10-11H,2-9H2,1H3,(H,14,17). The lowest BCUT2D eigenvalue weighted by Gasteiger charge is -2.17. The van der Waals surface area contributed by atoms with Crippen LogP contribution in [-0.4, -0.2) is 42.8 Å². The van der Waals surface area contributed by atoms with Crippen molar-refractivity contribution in [2.45, 2.75) is 44.6 Å². The Labute approximate surface area is 103 Å². The van der Waals surface area contributed by atoms with Gasteiger partial charge in [-0.2, -0.15) is 0 Å². The average Bonchev–Trinajstić information content (AvgIpc) is 2.90. The summed E-state index contributed by atoms with van der Waals surface area (Å²) in [6, 6.07) is 0.404. The molecule has 2 saturated carbocycles. The average molecular weight is 238 g/mol. The molecule has 2 aliphatic rings. The second kappa shape index (κ2) is 5.63. The molecule has 0 saturated heterocycles. The summed E-state index contributed by atoms with van der Waals surface area (Å²) in [5, 5.41) is 2.94. The Balaban J connectivity index is 1.66. The molecule has 1 N–H and O–H groups in total. The Morgan fingerprint density at radius 3 is 2.35 bits per heavy atom. The van der Waals surface area contributed by atoms with Crippen LogP contribution in [0.25, 0.3) is 0 Å². The number of amides is 1. The van der Waals surface area contributed by atoms with Crippen molar-refractivity contribution in [2.24, 2.45) is 5.92 Å². The van der Waals surface area contributed by atoms with Crippen molar-refractivity contribution in [1.29, 1.82) is 0 Å². The third-order valence-corrected chi connectivity index (χ3v) is 3.59. The first-order chi connectivity index (χ1) is 8.15. The van der Waals surface area contributed by atoms with Crippen molar-refractivity contribution in [1.82, 2.24) is 10.2 Å². The zero-order valence-electron chi connectivity index (χ0n) is 10.6. The molecule has 0 spiro atoms. The van der Waals surface area contributed by atoms with Gasteiger partial charge in [0.15, 0.2) is 0 Å². The molecule has 0 aromatic rings. The summed E-state index contributed by atoms with van der Waals surface area (Å²) >= 11 is 0. The molecule has 0 aromatic carbocycles. The van der Waals surface area contributed by atoms with Gasteiger partial charge in [0.25, 0.3) is 0 Å². The van der Waals surface area contributed by atoms with Gasteiger partial charge in [-0.3, -0.25) is 14.5 Å². The molecular weight excluding hydrogens is 216 g/mol. The number of carbonyl (C=O) groups is 2. The van der Waals surface area contributed by atoms with E-state index >= 15 is 0 Å². The highest BCUT2D eigenvalue weighted by molar-refractivity contribution is 5.84. The van der Waals surface area contributed by atoms with Crippen molar-refractivity contribution in [3.63, 3.8) is 0 Å². The van der Waals surface area contributed by atoms with Crippen LogP contribution in [0, 0.1) is 5.92 Å². The fraction of sp³-hybridized carbons (Fsp3) is 0.846. The maximum absolute atomic E-state index is 11.9. The number of rotatable bonds is 6. The summed E-state index contributed by atoms with van der Waals surface area (Å²) in [5.74, 6) is 0.613. The molecule has 0 aromatic heterocycles. The molecule has 17 heavy (non-hydrogen) atoms. The summed E-state index contributed by atoms with van der Waals surface area (Å²) < 4.78 is 0. The molecule has 1 amide bonds. The van der Waals surface area contributed by atoms with Crippen molar-refractivity contribution < 1.29 is 9.59 Å². The fourth-order valence-corrected chi connectivity index (χ4v) is 2.44. The molecule has 0 aliphatic heterocycles. The number of Topliss-reactive ketones (excluding diaryl/α,β-unsaturated/α-hetero) is 1. The third kappa shape index (κ3) is 4.11. The highest BCUT2D eigenvalue weighted by Crippen LogP contribution is 2.25. The van der Waals surface area contributed by atoms with Gasteiger partial charge in [0.05, 0.1) is 13.1 Å². The minimum atomic E-state index is 0.0502. The van der Waals surface area contributed by atoms with Gasteiger partial charge in [-0.15, -0.1) is 0 Å². The van der Waals surface area contributed by atoms with Gasteiger partial charge in [-0.25, -0.2) is 0 Å². The Morgan fingerprint density at radius 1 is 1.12 bits per heavy atom. The van der Waals surface area contributed by atoms with Gasteiger partial charge < -0.3 is 5.32 Å². The van der Waals surface area contributed by atoms with Crippen LogP contribution >= 0.6 is 0 Å². The molecule has 2 aliphatic carbocycles. The van der Waals surface area contributed by atoms with Crippen LogP contribution in [0.2, 0.25) is 0 Å². The number of hydrogen-bond donors (Lipinski definition) is 1. The fourth-order valence-electron chi connectivity index (χ4n) is 2.44. The van der Waals surface area contributed by atoms with E-state index in [-0.39, 0.29) is 11.8 Å². The first-order valence-corrected chi connectivity index (χ1v) is 6.66. The second-order valence-electron chi connectivity index (χ2n) is 5.46. The molecule has 96 valence electrons. The van der Waals surface area contributed by atoms with Gasteiger partial charge in [-0.05, 0) is 32.7 Å². The quantitative estimate of drug-likeness (QED) is 0.749. The largest absolute Gasteiger partial charge is 0.352 e. The monoisotopic (exact) mass is 238 g/mol. The Kier molecular flexibility index (Phi) is 4.15. The number of nitrogens with zero attached hydrogens (tertiary/aromatic N) is 1. The van der Waals surface area contributed by atoms with E-state index < -0.39 is 0 Å². The topological polar surface area (TPSA) is 49.4 Å². The number of likely N-dealkylation sites (N-methyl/N-ethyl adjacent to an activating group) is 1. The predicted molar refractivity (Wildman–Crippen MR) is 65.6 cm³/mol. The van der Waals surface area contributed by atoms with Gasteiger partial charge >= 0.3 is 0 Å². The van der Waals surface area contributed by atoms with Gasteiger partial charge in [0.2, 0.25) is 5.91 Å². The van der Waals surface area contributed by atoms with Crippen molar-refractivity contribution in [3.05, 3.63) is 0 Å². The molecule has 0 bridgehead atoms. The van der Waals surface area contributed by atoms with Gasteiger partial charge in [0.1, 0.15) is 5.78 Å². The van der Waals surface area contributed by atoms with Crippen LogP contribution in [0.4, 0.5) is 0 Å². The minimum Gasteiger partial charge on any atom is -0.352 e. The first-order valence-electron chi connectivity index (χ1n) is 6.66. The van der Waals surface area contributed by atoms with Gasteiger partial charge in [-0.1, -0.05) is 12.8 Å². The van der Waals surface area contributed by atoms with E-state index in [0.29, 0.717) is 24.9 Å². The van der Waals surface area contributed by atoms with Gasteiger partial charge in [0, 0.05) is 12.0 Å². The van der Waals surface area contributed by atoms with Crippen LogP contribution in [0.3, 0.4) is 0 Å². The highest BCUT2D eigenvalue weighted by Gasteiger charge is 2.26. The third-order valence-electron chi connectivity index (χ3n) is 3.59. The molecule has 0 radical (unpaired) electrons. The molecule has 0 unspecified atom stereocenters. The summed E-state index contributed by atoms with van der Waals surface area (Å²) in [4.78, 5) is 25.3. The lowest BCUT2D eigenvalue weighted by atomic mass is 10.0. The van der Waals surface area contributed by atoms with E-state index in [1.165, 1.54) is 12.8 Å². The Bertz CT molecular complexity index is 294. The smallest absolute Gasteiger partial charge is 0.234 e. The molecule has 2 rings (SSSR count). The Morgan fingerprint density at radius 2 is 1.76 bits per heavy atom. The van der Waals surface area contributed by atoms with Crippen LogP contribution in [0.1, 0.15) is 38.5 Å². The maximum Gasteiger partial charge on any atom is 0.234 e. The van der Waals surface area contributed by atoms with E-state index in [9.17, 15) is 9.59 Å². The number of ketones is 1. The van der Waals surface area contributed by atoms with E-state index in [2.05, 4.69) is 5.32 Å². The molecule has 2 fully saturated rings. The highest BCUT2D eigenvalue weighted by atomic mass is 16.2. The van der Waals surface area contributed by atoms with Crippen molar-refractivity contribution in [2.75, 3.05) is 20.1 Å². The first kappa shape index (κ1) is 12.6. The second-order valence-corrected chi connectivity index (χ2v) is 5.46. The van der Waals surface area contributed by atoms with Crippen LogP contribution in [0.15, 0.2) is 0 Å². The van der Waals surface area contributed by atoms with E-state index in [0.717, 1.165) is 25.7 Å². The summed E-state index contributed by atoms with van der Waals surface area (Å²) in [7, 11) is 1.85. The number of nitrogens with one attached hydrogen (secondary N) is 1. The molecule has 0 heterocycles. The SMILES string of the molecule is CN(CC(=O)NC1CC1)CC(=O)C1CCCC1. The molecule has 0 atom stereocenters. The lowest BCUT2D eigenvalue weighted by Crippen LogP contribution is -2.39. The van der Waals surface area contributed by atoms with Crippen molar-refractivity contribution in [3.8, 4) is 0 Å². The minimum absolute atomic E-state index is 0.0502. The summed E-state index contributed by atoms with van der Waals surface area (Å²) in [6.45, 7) is 0.762. The number of carbonyl (C=O) groups excluding carboxylic acids is 2. The Hall–Kier alpha value is -0.900. The van der Waals surface area contributed by atoms with Crippen LogP contribution in [0.5, 0.6) is 0 Å². The van der Waals surface area contributed by atoms with Crippen LogP contribution < -0.4 is 5.32 Å². The zero-order chi connectivity index (χ0) is 12.3. The summed E-state index contributed by atoms with van der Waals surface area (Å²) in [5.41, 5.74) is 0. The summed E-state index contributed by atoms with van der Waals surface area (Å²) in [6.07, 6.45) is 6.67. The van der Waals surface area contributed by atoms with Crippen molar-refractivity contribution >= 4 is 11.7 Å². The molecule has 4 nitrogen and oxygen atoms in total. The molecule has 4 heteroatoms. The van der Waals surface area contributed by atoms with E-state index in [1.54, 1.807) is 0 Å². The normalized spacial score (nSPS) is 20.8.